The highest BCUT2D eigenvalue weighted by molar-refractivity contribution is 8.00. The van der Waals surface area contributed by atoms with Gasteiger partial charge in [0.25, 0.3) is 5.91 Å². The van der Waals surface area contributed by atoms with Crippen molar-refractivity contribution in [2.75, 3.05) is 18.9 Å². The van der Waals surface area contributed by atoms with Gasteiger partial charge < -0.3 is 19.9 Å². The Labute approximate surface area is 189 Å². The molecule has 0 spiro atoms. The quantitative estimate of drug-likeness (QED) is 0.555. The number of hydrogen-bond acceptors (Lipinski definition) is 6. The summed E-state index contributed by atoms with van der Waals surface area (Å²) in [5, 5.41) is 12.9. The van der Waals surface area contributed by atoms with Gasteiger partial charge in [0.15, 0.2) is 11.5 Å². The highest BCUT2D eigenvalue weighted by atomic mass is 32.2. The van der Waals surface area contributed by atoms with Gasteiger partial charge in [-0.3, -0.25) is 14.6 Å². The predicted molar refractivity (Wildman–Crippen MR) is 121 cm³/mol. The molecule has 1 aliphatic heterocycles. The number of rotatable bonds is 6. The third-order valence-corrected chi connectivity index (χ3v) is 6.77. The standard InChI is InChI=1S/C24H22N2O5S/c27-22(28)13-32-23-16-4-3-5-18(16)26-19-10-14(8-9-17(19)23)24(29)25-11-15-12-30-20-6-1-2-7-21(20)31-15/h1-2,6-10,15H,3-5,11-13H2,(H,25,29)(H,27,28)/t15-/m0/s1. The largest absolute Gasteiger partial charge is 0.486 e. The van der Waals surface area contributed by atoms with E-state index >= 15 is 0 Å². The minimum absolute atomic E-state index is 0.000376. The maximum absolute atomic E-state index is 12.8. The van der Waals surface area contributed by atoms with Crippen molar-refractivity contribution in [3.05, 3.63) is 59.3 Å². The summed E-state index contributed by atoms with van der Waals surface area (Å²) in [5.41, 5.74) is 3.39. The van der Waals surface area contributed by atoms with Gasteiger partial charge in [-0.15, -0.1) is 11.8 Å². The fourth-order valence-corrected chi connectivity index (χ4v) is 5.12. The number of carbonyl (C=O) groups excluding carboxylic acids is 1. The number of fused-ring (bicyclic) bond motifs is 3. The molecule has 0 bridgehead atoms. The smallest absolute Gasteiger partial charge is 0.313 e. The molecule has 0 fully saturated rings. The Morgan fingerprint density at radius 3 is 2.84 bits per heavy atom. The minimum atomic E-state index is -0.848. The summed E-state index contributed by atoms with van der Waals surface area (Å²) in [6.45, 7) is 0.690. The lowest BCUT2D eigenvalue weighted by Gasteiger charge is -2.26. The Hall–Kier alpha value is -3.26. The van der Waals surface area contributed by atoms with Gasteiger partial charge in [-0.05, 0) is 49.1 Å². The van der Waals surface area contributed by atoms with E-state index < -0.39 is 5.97 Å². The second kappa shape index (κ2) is 8.70. The molecule has 2 N–H and O–H groups in total. The van der Waals surface area contributed by atoms with Crippen molar-refractivity contribution in [1.82, 2.24) is 10.3 Å². The summed E-state index contributed by atoms with van der Waals surface area (Å²) < 4.78 is 11.6. The van der Waals surface area contributed by atoms with Crippen molar-refractivity contribution < 1.29 is 24.2 Å². The van der Waals surface area contributed by atoms with Crippen LogP contribution in [-0.4, -0.2) is 47.0 Å². The van der Waals surface area contributed by atoms with E-state index in [0.29, 0.717) is 30.2 Å². The first-order valence-corrected chi connectivity index (χ1v) is 11.5. The maximum atomic E-state index is 12.8. The first kappa shape index (κ1) is 20.6. The van der Waals surface area contributed by atoms with Crippen LogP contribution in [0.1, 0.15) is 28.0 Å². The molecule has 0 saturated carbocycles. The maximum Gasteiger partial charge on any atom is 0.313 e. The summed E-state index contributed by atoms with van der Waals surface area (Å²) in [7, 11) is 0. The fraction of sp³-hybridized carbons (Fsp3) is 0.292. The number of carbonyl (C=O) groups is 2. The number of carboxylic acid groups (broad SMARTS) is 1. The Kier molecular flexibility index (Phi) is 5.61. The van der Waals surface area contributed by atoms with Crippen molar-refractivity contribution in [2.45, 2.75) is 30.3 Å². The molecule has 1 amide bonds. The number of ether oxygens (including phenoxy) is 2. The van der Waals surface area contributed by atoms with Crippen molar-refractivity contribution in [3.8, 4) is 11.5 Å². The SMILES string of the molecule is O=C(O)CSc1c2c(nc3cc(C(=O)NC[C@H]4COc5ccccc5O4)ccc13)CCC2. The molecule has 1 atom stereocenters. The second-order valence-electron chi connectivity index (χ2n) is 7.84. The molecule has 7 nitrogen and oxygen atoms in total. The minimum Gasteiger partial charge on any atom is -0.486 e. The number of aromatic nitrogens is 1. The van der Waals surface area contributed by atoms with Gasteiger partial charge in [-0.1, -0.05) is 18.2 Å². The molecular formula is C24H22N2O5S. The van der Waals surface area contributed by atoms with E-state index in [4.69, 9.17) is 19.6 Å². The first-order chi connectivity index (χ1) is 15.6. The number of amides is 1. The Morgan fingerprint density at radius 1 is 1.16 bits per heavy atom. The molecule has 2 aromatic carbocycles. The van der Waals surface area contributed by atoms with E-state index in [1.54, 1.807) is 12.1 Å². The second-order valence-corrected chi connectivity index (χ2v) is 8.83. The number of benzene rings is 2. The van der Waals surface area contributed by atoms with E-state index in [-0.39, 0.29) is 17.8 Å². The molecule has 5 rings (SSSR count). The van der Waals surface area contributed by atoms with Crippen LogP contribution in [0.5, 0.6) is 11.5 Å². The molecule has 164 valence electrons. The van der Waals surface area contributed by atoms with Gasteiger partial charge in [-0.2, -0.15) is 0 Å². The average Bonchev–Trinajstić information content (AvgIpc) is 3.27. The van der Waals surface area contributed by atoms with Crippen LogP contribution in [0.3, 0.4) is 0 Å². The molecule has 2 heterocycles. The number of nitrogens with zero attached hydrogens (tertiary/aromatic N) is 1. The number of thioether (sulfide) groups is 1. The van der Waals surface area contributed by atoms with Crippen LogP contribution >= 0.6 is 11.8 Å². The van der Waals surface area contributed by atoms with Crippen molar-refractivity contribution in [1.29, 1.82) is 0 Å². The fourth-order valence-electron chi connectivity index (χ4n) is 4.13. The van der Waals surface area contributed by atoms with Gasteiger partial charge in [0.05, 0.1) is 17.8 Å². The normalized spacial score (nSPS) is 16.6. The van der Waals surface area contributed by atoms with Crippen LogP contribution in [0.15, 0.2) is 47.4 Å². The summed E-state index contributed by atoms with van der Waals surface area (Å²) in [5.74, 6) is 0.323. The van der Waals surface area contributed by atoms with Gasteiger partial charge >= 0.3 is 5.97 Å². The lowest BCUT2D eigenvalue weighted by molar-refractivity contribution is -0.133. The highest BCUT2D eigenvalue weighted by Gasteiger charge is 2.23. The van der Waals surface area contributed by atoms with E-state index in [9.17, 15) is 9.59 Å². The molecule has 8 heteroatoms. The topological polar surface area (TPSA) is 97.8 Å². The monoisotopic (exact) mass is 450 g/mol. The van der Waals surface area contributed by atoms with Crippen molar-refractivity contribution in [2.24, 2.45) is 0 Å². The van der Waals surface area contributed by atoms with Gasteiger partial charge in [-0.25, -0.2) is 0 Å². The number of hydrogen-bond donors (Lipinski definition) is 2. The van der Waals surface area contributed by atoms with Crippen molar-refractivity contribution >= 4 is 34.5 Å². The third kappa shape index (κ3) is 4.10. The molecule has 1 aromatic heterocycles. The zero-order chi connectivity index (χ0) is 22.1. The number of aliphatic carboxylic acids is 1. The van der Waals surface area contributed by atoms with Gasteiger partial charge in [0.2, 0.25) is 0 Å². The lowest BCUT2D eigenvalue weighted by atomic mass is 10.1. The number of aryl methyl sites for hydroxylation is 1. The summed E-state index contributed by atoms with van der Waals surface area (Å²) in [6, 6.07) is 12.9. The lowest BCUT2D eigenvalue weighted by Crippen LogP contribution is -2.40. The Bertz CT molecular complexity index is 1210. The number of carboxylic acids is 1. The average molecular weight is 451 g/mol. The highest BCUT2D eigenvalue weighted by Crippen LogP contribution is 2.37. The third-order valence-electron chi connectivity index (χ3n) is 5.62. The molecule has 0 saturated heterocycles. The number of nitrogens with one attached hydrogen (secondary N) is 1. The summed E-state index contributed by atoms with van der Waals surface area (Å²) in [6.07, 6.45) is 2.53. The van der Waals surface area contributed by atoms with Crippen LogP contribution < -0.4 is 14.8 Å². The zero-order valence-corrected chi connectivity index (χ0v) is 18.1. The van der Waals surface area contributed by atoms with E-state index in [1.165, 1.54) is 11.8 Å². The van der Waals surface area contributed by atoms with Crippen LogP contribution in [0.2, 0.25) is 0 Å². The van der Waals surface area contributed by atoms with Gasteiger partial charge in [0, 0.05) is 21.5 Å². The van der Waals surface area contributed by atoms with Crippen LogP contribution in [0, 0.1) is 0 Å². The molecule has 0 radical (unpaired) electrons. The first-order valence-electron chi connectivity index (χ1n) is 10.6. The Balaban J connectivity index is 1.33. The van der Waals surface area contributed by atoms with E-state index in [2.05, 4.69) is 5.32 Å². The van der Waals surface area contributed by atoms with Gasteiger partial charge in [0.1, 0.15) is 12.7 Å². The molecule has 3 aromatic rings. The molecule has 1 aliphatic carbocycles. The van der Waals surface area contributed by atoms with E-state index in [0.717, 1.165) is 46.3 Å². The van der Waals surface area contributed by atoms with Crippen LogP contribution in [0.25, 0.3) is 10.9 Å². The summed E-state index contributed by atoms with van der Waals surface area (Å²) >= 11 is 1.33. The molecule has 2 aliphatic rings. The number of para-hydroxylation sites is 2. The van der Waals surface area contributed by atoms with Crippen LogP contribution in [0.4, 0.5) is 0 Å². The van der Waals surface area contributed by atoms with Crippen molar-refractivity contribution in [3.63, 3.8) is 0 Å². The molecule has 0 unspecified atom stereocenters. The molecular weight excluding hydrogens is 428 g/mol. The molecule has 32 heavy (non-hydrogen) atoms. The zero-order valence-electron chi connectivity index (χ0n) is 17.3. The number of pyridine rings is 1. The van der Waals surface area contributed by atoms with Crippen LogP contribution in [-0.2, 0) is 17.6 Å². The van der Waals surface area contributed by atoms with E-state index in [1.807, 2.05) is 30.3 Å². The summed E-state index contributed by atoms with van der Waals surface area (Å²) in [4.78, 5) is 29.7. The Morgan fingerprint density at radius 2 is 2.00 bits per heavy atom. The predicted octanol–water partition coefficient (Wildman–Crippen LogP) is 3.47.